The first kappa shape index (κ1) is 25.7. The van der Waals surface area contributed by atoms with Gasteiger partial charge < -0.3 is 25.5 Å². The molecular formula is C27H28ClFN6O3. The van der Waals surface area contributed by atoms with Gasteiger partial charge in [0.25, 0.3) is 0 Å². The number of amides is 3. The summed E-state index contributed by atoms with van der Waals surface area (Å²) < 4.78 is 15.0. The van der Waals surface area contributed by atoms with Crippen molar-refractivity contribution in [3.8, 4) is 28.0 Å². The molecule has 11 heteroatoms. The Bertz CT molecular complexity index is 1410. The molecule has 198 valence electrons. The third kappa shape index (κ3) is 5.09. The molecule has 2 aliphatic heterocycles. The van der Waals surface area contributed by atoms with Crippen molar-refractivity contribution >= 4 is 40.9 Å². The molecule has 9 nitrogen and oxygen atoms in total. The average Bonchev–Trinajstić information content (AvgIpc) is 3.22. The van der Waals surface area contributed by atoms with Gasteiger partial charge >= 0.3 is 6.03 Å². The second-order valence-corrected chi connectivity index (χ2v) is 9.80. The normalized spacial score (nSPS) is 15.8. The fourth-order valence-electron chi connectivity index (χ4n) is 4.78. The van der Waals surface area contributed by atoms with E-state index in [9.17, 15) is 19.1 Å². The Morgan fingerprint density at radius 1 is 1.05 bits per heavy atom. The lowest BCUT2D eigenvalue weighted by molar-refractivity contribution is -0.114. The molecule has 0 bridgehead atoms. The van der Waals surface area contributed by atoms with Crippen LogP contribution in [-0.4, -0.2) is 73.2 Å². The molecule has 0 aliphatic carbocycles. The number of aromatic hydroxyl groups is 1. The standard InChI is InChI=1S/C27H28ClFN6O3/c1-16(36)31-24-12-18(13-25(32-24)34-7-5-30-6-8-34)21-15-19(29)14-20(26(21)37)17-3-4-23(22(28)11-17)35-10-9-33(2)27(35)38/h3-4,11-15,30,37H,5-10H2,1-2H3,(H,31,32,36). The molecule has 3 N–H and O–H groups in total. The molecule has 0 atom stereocenters. The molecule has 38 heavy (non-hydrogen) atoms. The fourth-order valence-corrected chi connectivity index (χ4v) is 5.06. The lowest BCUT2D eigenvalue weighted by atomic mass is 9.97. The highest BCUT2D eigenvalue weighted by Gasteiger charge is 2.28. The monoisotopic (exact) mass is 538 g/mol. The van der Waals surface area contributed by atoms with Crippen LogP contribution in [0, 0.1) is 5.82 Å². The van der Waals surface area contributed by atoms with E-state index >= 15 is 0 Å². The summed E-state index contributed by atoms with van der Waals surface area (Å²) in [5, 5.41) is 17.6. The van der Waals surface area contributed by atoms with Crippen LogP contribution in [0.4, 0.5) is 26.5 Å². The van der Waals surface area contributed by atoms with Gasteiger partial charge in [-0.2, -0.15) is 0 Å². The Morgan fingerprint density at radius 2 is 1.76 bits per heavy atom. The number of aromatic nitrogens is 1. The second-order valence-electron chi connectivity index (χ2n) is 9.39. The zero-order valence-electron chi connectivity index (χ0n) is 21.1. The SMILES string of the molecule is CC(=O)Nc1cc(-c2cc(F)cc(-c3ccc(N4CCN(C)C4=O)c(Cl)c3)c2O)cc(N2CCNCC2)n1. The van der Waals surface area contributed by atoms with Gasteiger partial charge in [0.2, 0.25) is 5.91 Å². The molecule has 0 radical (unpaired) electrons. The molecule has 3 heterocycles. The number of urea groups is 1. The van der Waals surface area contributed by atoms with Crippen molar-refractivity contribution < 1.29 is 19.1 Å². The molecule has 5 rings (SSSR count). The fraction of sp³-hybridized carbons (Fsp3) is 0.296. The van der Waals surface area contributed by atoms with Crippen molar-refractivity contribution in [2.45, 2.75) is 6.92 Å². The van der Waals surface area contributed by atoms with Crippen LogP contribution >= 0.6 is 11.6 Å². The average molecular weight is 539 g/mol. The number of likely N-dealkylation sites (N-methyl/N-ethyl adjacent to an activating group) is 1. The quantitative estimate of drug-likeness (QED) is 0.451. The van der Waals surface area contributed by atoms with Crippen LogP contribution in [0.5, 0.6) is 5.75 Å². The summed E-state index contributed by atoms with van der Waals surface area (Å²) in [6.45, 7) is 5.50. The Hall–Kier alpha value is -3.89. The molecule has 0 unspecified atom stereocenters. The highest BCUT2D eigenvalue weighted by Crippen LogP contribution is 2.42. The number of piperazine rings is 1. The van der Waals surface area contributed by atoms with Gasteiger partial charge in [-0.15, -0.1) is 0 Å². The number of nitrogens with one attached hydrogen (secondary N) is 2. The molecule has 1 aromatic heterocycles. The number of pyridine rings is 1. The van der Waals surface area contributed by atoms with E-state index in [-0.39, 0.29) is 28.8 Å². The van der Waals surface area contributed by atoms with Crippen LogP contribution in [0.3, 0.4) is 0 Å². The molecule has 2 aromatic carbocycles. The van der Waals surface area contributed by atoms with E-state index in [2.05, 4.69) is 20.5 Å². The summed E-state index contributed by atoms with van der Waals surface area (Å²) in [7, 11) is 1.72. The third-order valence-electron chi connectivity index (χ3n) is 6.71. The van der Waals surface area contributed by atoms with E-state index < -0.39 is 5.82 Å². The lowest BCUT2D eigenvalue weighted by Gasteiger charge is -2.29. The predicted octanol–water partition coefficient (Wildman–Crippen LogP) is 4.15. The molecule has 3 aromatic rings. The van der Waals surface area contributed by atoms with Gasteiger partial charge in [-0.3, -0.25) is 9.69 Å². The first-order chi connectivity index (χ1) is 18.2. The van der Waals surface area contributed by atoms with E-state index in [1.54, 1.807) is 47.2 Å². The van der Waals surface area contributed by atoms with Crippen molar-refractivity contribution in [3.63, 3.8) is 0 Å². The van der Waals surface area contributed by atoms with Gasteiger partial charge in [-0.25, -0.2) is 14.2 Å². The number of anilines is 3. The minimum absolute atomic E-state index is 0.140. The number of carbonyl (C=O) groups is 2. The van der Waals surface area contributed by atoms with Gasteiger partial charge in [-0.1, -0.05) is 17.7 Å². The Labute approximate surface area is 224 Å². The summed E-state index contributed by atoms with van der Waals surface area (Å²) in [6, 6.07) is 10.7. The molecule has 2 aliphatic rings. The highest BCUT2D eigenvalue weighted by atomic mass is 35.5. The number of carbonyl (C=O) groups excluding carboxylic acids is 2. The van der Waals surface area contributed by atoms with Crippen LogP contribution in [0.25, 0.3) is 22.3 Å². The van der Waals surface area contributed by atoms with Crippen LogP contribution in [-0.2, 0) is 4.79 Å². The Balaban J connectivity index is 1.56. The molecule has 3 amide bonds. The smallest absolute Gasteiger partial charge is 0.324 e. The van der Waals surface area contributed by atoms with Crippen molar-refractivity contribution in [3.05, 3.63) is 53.3 Å². The van der Waals surface area contributed by atoms with Crippen LogP contribution in [0.2, 0.25) is 5.02 Å². The third-order valence-corrected chi connectivity index (χ3v) is 7.01. The maximum Gasteiger partial charge on any atom is 0.324 e. The topological polar surface area (TPSA) is 101 Å². The summed E-state index contributed by atoms with van der Waals surface area (Å²) >= 11 is 6.55. The first-order valence-corrected chi connectivity index (χ1v) is 12.7. The number of nitrogens with zero attached hydrogens (tertiary/aromatic N) is 4. The van der Waals surface area contributed by atoms with Crippen LogP contribution in [0.1, 0.15) is 6.92 Å². The first-order valence-electron chi connectivity index (χ1n) is 12.3. The van der Waals surface area contributed by atoms with E-state index in [1.165, 1.54) is 19.1 Å². The maximum absolute atomic E-state index is 15.0. The maximum atomic E-state index is 15.0. The van der Waals surface area contributed by atoms with Crippen molar-refractivity contribution in [1.82, 2.24) is 15.2 Å². The number of benzene rings is 2. The number of phenolic OH excluding ortho intramolecular Hbond substituents is 1. The molecule has 0 spiro atoms. The second kappa shape index (κ2) is 10.5. The Morgan fingerprint density at radius 3 is 2.39 bits per heavy atom. The van der Waals surface area contributed by atoms with E-state index in [4.69, 9.17) is 11.6 Å². The number of halogens is 2. The molecule has 2 fully saturated rings. The summed E-state index contributed by atoms with van der Waals surface area (Å²) in [6.07, 6.45) is 0. The zero-order chi connectivity index (χ0) is 27.0. The summed E-state index contributed by atoms with van der Waals surface area (Å²) in [5.74, 6) is -0.0566. The van der Waals surface area contributed by atoms with E-state index in [0.717, 1.165) is 26.2 Å². The molecule has 2 saturated heterocycles. The minimum atomic E-state index is -0.550. The van der Waals surface area contributed by atoms with Gasteiger partial charge in [0.05, 0.1) is 10.7 Å². The van der Waals surface area contributed by atoms with E-state index in [1.807, 2.05) is 0 Å². The summed E-state index contributed by atoms with van der Waals surface area (Å²) in [4.78, 5) is 34.0. The van der Waals surface area contributed by atoms with Gasteiger partial charge in [-0.05, 0) is 47.5 Å². The summed E-state index contributed by atoms with van der Waals surface area (Å²) in [5.41, 5.74) is 2.05. The largest absolute Gasteiger partial charge is 0.507 e. The van der Waals surface area contributed by atoms with Gasteiger partial charge in [0.15, 0.2) is 0 Å². The number of phenols is 1. The zero-order valence-corrected chi connectivity index (χ0v) is 21.8. The molecule has 0 saturated carbocycles. The number of hydrogen-bond acceptors (Lipinski definition) is 6. The van der Waals surface area contributed by atoms with Crippen molar-refractivity contribution in [2.24, 2.45) is 0 Å². The Kier molecular flexibility index (Phi) is 7.09. The van der Waals surface area contributed by atoms with Crippen LogP contribution in [0.15, 0.2) is 42.5 Å². The van der Waals surface area contributed by atoms with Gasteiger partial charge in [0, 0.05) is 64.4 Å². The minimum Gasteiger partial charge on any atom is -0.507 e. The van der Waals surface area contributed by atoms with Gasteiger partial charge in [0.1, 0.15) is 23.2 Å². The highest BCUT2D eigenvalue weighted by molar-refractivity contribution is 6.34. The number of hydrogen-bond donors (Lipinski definition) is 3. The van der Waals surface area contributed by atoms with E-state index in [0.29, 0.717) is 46.6 Å². The number of rotatable bonds is 5. The van der Waals surface area contributed by atoms with Crippen LogP contribution < -0.4 is 20.4 Å². The van der Waals surface area contributed by atoms with Crippen molar-refractivity contribution in [1.29, 1.82) is 0 Å². The van der Waals surface area contributed by atoms with Crippen molar-refractivity contribution in [2.75, 3.05) is 61.4 Å². The lowest BCUT2D eigenvalue weighted by Crippen LogP contribution is -2.43. The predicted molar refractivity (Wildman–Crippen MR) is 147 cm³/mol. The molecular weight excluding hydrogens is 511 g/mol.